The molecule has 3 nitrogen and oxygen atoms in total. The molecule has 1 aliphatic rings. The standard InChI is InChI=1S/C12H13ClO3/c1-12(2)15-7-9-8(10(14)6-13)4-3-5-11(9)16-12/h3-5H,6-7H2,1-2H3. The van der Waals surface area contributed by atoms with E-state index in [9.17, 15) is 4.79 Å². The van der Waals surface area contributed by atoms with Gasteiger partial charge in [-0.05, 0) is 6.07 Å². The van der Waals surface area contributed by atoms with Gasteiger partial charge in [0.25, 0.3) is 0 Å². The van der Waals surface area contributed by atoms with Crippen molar-refractivity contribution in [2.45, 2.75) is 26.2 Å². The Balaban J connectivity index is 2.43. The molecule has 0 spiro atoms. The lowest BCUT2D eigenvalue weighted by molar-refractivity contribution is -0.180. The Labute approximate surface area is 99.3 Å². The predicted molar refractivity (Wildman–Crippen MR) is 61.0 cm³/mol. The van der Waals surface area contributed by atoms with Crippen LogP contribution >= 0.6 is 11.6 Å². The normalized spacial score (nSPS) is 17.4. The smallest absolute Gasteiger partial charge is 0.205 e. The van der Waals surface area contributed by atoms with Gasteiger partial charge in [0.1, 0.15) is 5.75 Å². The van der Waals surface area contributed by atoms with Crippen LogP contribution < -0.4 is 4.74 Å². The number of rotatable bonds is 2. The maximum Gasteiger partial charge on any atom is 0.205 e. The van der Waals surface area contributed by atoms with Gasteiger partial charge in [0, 0.05) is 25.0 Å². The lowest BCUT2D eigenvalue weighted by atomic mass is 10.0. The van der Waals surface area contributed by atoms with E-state index in [1.165, 1.54) is 0 Å². The van der Waals surface area contributed by atoms with Crippen molar-refractivity contribution in [2.24, 2.45) is 0 Å². The molecular formula is C12H13ClO3. The predicted octanol–water partition coefficient (Wildman–Crippen LogP) is 2.75. The van der Waals surface area contributed by atoms with E-state index in [2.05, 4.69) is 0 Å². The van der Waals surface area contributed by atoms with Crippen molar-refractivity contribution in [2.75, 3.05) is 5.88 Å². The molecule has 0 aliphatic carbocycles. The molecular weight excluding hydrogens is 228 g/mol. The van der Waals surface area contributed by atoms with Gasteiger partial charge in [-0.15, -0.1) is 11.6 Å². The zero-order chi connectivity index (χ0) is 11.8. The lowest BCUT2D eigenvalue weighted by Gasteiger charge is -2.33. The van der Waals surface area contributed by atoms with Crippen LogP contribution in [0.2, 0.25) is 0 Å². The fraction of sp³-hybridized carbons (Fsp3) is 0.417. The van der Waals surface area contributed by atoms with Crippen LogP contribution in [0.1, 0.15) is 29.8 Å². The van der Waals surface area contributed by atoms with E-state index in [0.717, 1.165) is 5.56 Å². The van der Waals surface area contributed by atoms with E-state index in [0.29, 0.717) is 17.9 Å². The largest absolute Gasteiger partial charge is 0.463 e. The first-order chi connectivity index (χ1) is 7.53. The monoisotopic (exact) mass is 240 g/mol. The summed E-state index contributed by atoms with van der Waals surface area (Å²) < 4.78 is 11.1. The quantitative estimate of drug-likeness (QED) is 0.589. The Bertz CT molecular complexity index is 426. The van der Waals surface area contributed by atoms with E-state index in [-0.39, 0.29) is 11.7 Å². The fourth-order valence-corrected chi connectivity index (χ4v) is 1.83. The van der Waals surface area contributed by atoms with Gasteiger partial charge in [-0.3, -0.25) is 4.79 Å². The number of carbonyl (C=O) groups is 1. The third-order valence-electron chi connectivity index (χ3n) is 2.47. The Morgan fingerprint density at radius 1 is 1.50 bits per heavy atom. The van der Waals surface area contributed by atoms with E-state index in [1.807, 2.05) is 19.9 Å². The Hall–Kier alpha value is -1.06. The van der Waals surface area contributed by atoms with E-state index in [1.54, 1.807) is 12.1 Å². The minimum absolute atomic E-state index is 0.0279. The number of hydrogen-bond donors (Lipinski definition) is 0. The second-order valence-electron chi connectivity index (χ2n) is 4.13. The molecule has 0 saturated heterocycles. The minimum atomic E-state index is -0.643. The summed E-state index contributed by atoms with van der Waals surface area (Å²) in [4.78, 5) is 11.6. The number of carbonyl (C=O) groups excluding carboxylic acids is 1. The Morgan fingerprint density at radius 3 is 2.94 bits per heavy atom. The third-order valence-corrected chi connectivity index (χ3v) is 2.72. The summed E-state index contributed by atoms with van der Waals surface area (Å²) in [5.41, 5.74) is 1.37. The molecule has 0 unspecified atom stereocenters. The SMILES string of the molecule is CC1(C)OCc2c(cccc2C(=O)CCl)O1. The van der Waals surface area contributed by atoms with Crippen molar-refractivity contribution < 1.29 is 14.3 Å². The topological polar surface area (TPSA) is 35.5 Å². The number of halogens is 1. The number of hydrogen-bond acceptors (Lipinski definition) is 3. The molecule has 0 fully saturated rings. The van der Waals surface area contributed by atoms with Gasteiger partial charge in [0.05, 0.1) is 12.5 Å². The highest BCUT2D eigenvalue weighted by Crippen LogP contribution is 2.33. The zero-order valence-electron chi connectivity index (χ0n) is 9.25. The molecule has 0 atom stereocenters. The molecule has 4 heteroatoms. The van der Waals surface area contributed by atoms with Crippen LogP contribution in [0.4, 0.5) is 0 Å². The maximum absolute atomic E-state index is 11.6. The highest BCUT2D eigenvalue weighted by Gasteiger charge is 2.29. The highest BCUT2D eigenvalue weighted by atomic mass is 35.5. The third kappa shape index (κ3) is 2.06. The summed E-state index contributed by atoms with van der Waals surface area (Å²) in [5.74, 6) is -0.0761. The van der Waals surface area contributed by atoms with Crippen LogP contribution in [-0.2, 0) is 11.3 Å². The first-order valence-electron chi connectivity index (χ1n) is 5.07. The minimum Gasteiger partial charge on any atom is -0.463 e. The molecule has 1 aromatic carbocycles. The molecule has 0 amide bonds. The van der Waals surface area contributed by atoms with Crippen molar-refractivity contribution >= 4 is 17.4 Å². The van der Waals surface area contributed by atoms with Crippen molar-refractivity contribution in [1.82, 2.24) is 0 Å². The molecule has 0 bridgehead atoms. The van der Waals surface area contributed by atoms with Gasteiger partial charge in [0.2, 0.25) is 5.79 Å². The summed E-state index contributed by atoms with van der Waals surface area (Å²) in [5, 5.41) is 0. The van der Waals surface area contributed by atoms with Crippen LogP contribution in [0.15, 0.2) is 18.2 Å². The van der Waals surface area contributed by atoms with E-state index < -0.39 is 5.79 Å². The summed E-state index contributed by atoms with van der Waals surface area (Å²) >= 11 is 5.55. The van der Waals surface area contributed by atoms with Crippen molar-refractivity contribution in [3.05, 3.63) is 29.3 Å². The Morgan fingerprint density at radius 2 is 2.25 bits per heavy atom. The average Bonchev–Trinajstić information content (AvgIpc) is 2.25. The van der Waals surface area contributed by atoms with E-state index >= 15 is 0 Å². The first kappa shape index (κ1) is 11.4. The molecule has 2 rings (SSSR count). The van der Waals surface area contributed by atoms with Gasteiger partial charge < -0.3 is 9.47 Å². The molecule has 1 heterocycles. The summed E-state index contributed by atoms with van der Waals surface area (Å²) in [6.45, 7) is 4.05. The summed E-state index contributed by atoms with van der Waals surface area (Å²) in [6, 6.07) is 5.37. The second-order valence-corrected chi connectivity index (χ2v) is 4.40. The maximum atomic E-state index is 11.6. The molecule has 86 valence electrons. The van der Waals surface area contributed by atoms with Crippen LogP contribution in [0.25, 0.3) is 0 Å². The number of ether oxygens (including phenoxy) is 2. The molecule has 0 N–H and O–H groups in total. The number of benzene rings is 1. The molecule has 1 aromatic rings. The van der Waals surface area contributed by atoms with Gasteiger partial charge >= 0.3 is 0 Å². The number of ketones is 1. The summed E-state index contributed by atoms with van der Waals surface area (Å²) in [7, 11) is 0. The van der Waals surface area contributed by atoms with Crippen molar-refractivity contribution in [3.8, 4) is 5.75 Å². The van der Waals surface area contributed by atoms with Crippen molar-refractivity contribution in [3.63, 3.8) is 0 Å². The van der Waals surface area contributed by atoms with Crippen LogP contribution in [0.5, 0.6) is 5.75 Å². The van der Waals surface area contributed by atoms with E-state index in [4.69, 9.17) is 21.1 Å². The lowest BCUT2D eigenvalue weighted by Crippen LogP contribution is -2.36. The van der Waals surface area contributed by atoms with Crippen LogP contribution in [-0.4, -0.2) is 17.5 Å². The van der Waals surface area contributed by atoms with Crippen molar-refractivity contribution in [1.29, 1.82) is 0 Å². The molecule has 16 heavy (non-hydrogen) atoms. The van der Waals surface area contributed by atoms with Crippen LogP contribution in [0.3, 0.4) is 0 Å². The molecule has 1 aliphatic heterocycles. The number of alkyl halides is 1. The van der Waals surface area contributed by atoms with Gasteiger partial charge in [0.15, 0.2) is 5.78 Å². The number of fused-ring (bicyclic) bond motifs is 1. The Kier molecular flexibility index (Phi) is 2.91. The van der Waals surface area contributed by atoms with Gasteiger partial charge in [-0.1, -0.05) is 12.1 Å². The zero-order valence-corrected chi connectivity index (χ0v) is 10.0. The van der Waals surface area contributed by atoms with Gasteiger partial charge in [-0.25, -0.2) is 0 Å². The molecule has 0 saturated carbocycles. The highest BCUT2D eigenvalue weighted by molar-refractivity contribution is 6.30. The van der Waals surface area contributed by atoms with Crippen LogP contribution in [0, 0.1) is 0 Å². The average molecular weight is 241 g/mol. The molecule has 0 aromatic heterocycles. The second kappa shape index (κ2) is 4.07. The van der Waals surface area contributed by atoms with Gasteiger partial charge in [-0.2, -0.15) is 0 Å². The number of Topliss-reactive ketones (excluding diaryl/α,β-unsaturated/α-hetero) is 1. The first-order valence-corrected chi connectivity index (χ1v) is 5.61. The summed E-state index contributed by atoms with van der Waals surface area (Å²) in [6.07, 6.45) is 0. The molecule has 0 radical (unpaired) electrons. The fourth-order valence-electron chi connectivity index (χ4n) is 1.68.